The number of thiophene rings is 1. The van der Waals surface area contributed by atoms with Crippen molar-refractivity contribution in [3.05, 3.63) is 26.9 Å². The molecule has 0 aromatic carbocycles. The van der Waals surface area contributed by atoms with Crippen molar-refractivity contribution in [1.29, 1.82) is 0 Å². The molecule has 1 aromatic heterocycles. The Morgan fingerprint density at radius 2 is 2.27 bits per heavy atom. The number of halogens is 1. The number of allylic oxidation sites excluding steroid dienone is 1. The molecule has 0 saturated carbocycles. The fourth-order valence-electron chi connectivity index (χ4n) is 1.31. The van der Waals surface area contributed by atoms with E-state index < -0.39 is 5.97 Å². The third-order valence-corrected chi connectivity index (χ3v) is 3.51. The summed E-state index contributed by atoms with van der Waals surface area (Å²) in [4.78, 5) is 11.7. The smallest absolute Gasteiger partial charge is 0.328 e. The van der Waals surface area contributed by atoms with Gasteiger partial charge in [0.25, 0.3) is 0 Å². The number of hydrogen-bond acceptors (Lipinski definition) is 2. The lowest BCUT2D eigenvalue weighted by Gasteiger charge is -2.07. The Morgan fingerprint density at radius 3 is 2.67 bits per heavy atom. The summed E-state index contributed by atoms with van der Waals surface area (Å²) in [6, 6.07) is 3.89. The van der Waals surface area contributed by atoms with Gasteiger partial charge in [-0.05, 0) is 46.0 Å². The fraction of sp³-hybridized carbons (Fsp3) is 0.364. The zero-order valence-corrected chi connectivity index (χ0v) is 11.1. The van der Waals surface area contributed by atoms with Gasteiger partial charge < -0.3 is 5.11 Å². The van der Waals surface area contributed by atoms with E-state index in [1.54, 1.807) is 11.3 Å². The number of carboxylic acid groups (broad SMARTS) is 1. The van der Waals surface area contributed by atoms with Crippen molar-refractivity contribution in [2.24, 2.45) is 5.92 Å². The molecule has 0 saturated heterocycles. The molecular formula is C11H13BrO2S. The van der Waals surface area contributed by atoms with Crippen molar-refractivity contribution in [1.82, 2.24) is 0 Å². The predicted molar refractivity (Wildman–Crippen MR) is 67.1 cm³/mol. The van der Waals surface area contributed by atoms with E-state index in [0.717, 1.165) is 20.7 Å². The van der Waals surface area contributed by atoms with E-state index in [0.29, 0.717) is 5.92 Å². The average molecular weight is 289 g/mol. The predicted octanol–water partition coefficient (Wildman–Crippen LogP) is 4.02. The molecule has 15 heavy (non-hydrogen) atoms. The van der Waals surface area contributed by atoms with Crippen LogP contribution >= 0.6 is 27.3 Å². The van der Waals surface area contributed by atoms with E-state index in [-0.39, 0.29) is 0 Å². The maximum Gasteiger partial charge on any atom is 0.328 e. The van der Waals surface area contributed by atoms with Crippen molar-refractivity contribution < 1.29 is 9.90 Å². The van der Waals surface area contributed by atoms with Crippen LogP contribution in [-0.2, 0) is 4.79 Å². The fourth-order valence-corrected chi connectivity index (χ4v) is 2.72. The third kappa shape index (κ3) is 4.18. The summed E-state index contributed by atoms with van der Waals surface area (Å²) in [5.41, 5.74) is 0.896. The van der Waals surface area contributed by atoms with Crippen LogP contribution < -0.4 is 0 Å². The standard InChI is InChI=1S/C11H13BrO2S/c1-7(2)5-8(6-11(13)14)9-3-4-10(12)15-9/h3-4,6-7H,5H2,1-2H3,(H,13,14)/b8-6+. The lowest BCUT2D eigenvalue weighted by molar-refractivity contribution is -0.131. The highest BCUT2D eigenvalue weighted by Crippen LogP contribution is 2.31. The van der Waals surface area contributed by atoms with Crippen molar-refractivity contribution in [2.45, 2.75) is 20.3 Å². The molecule has 1 rings (SSSR count). The number of aliphatic carboxylic acids is 1. The number of carbonyl (C=O) groups is 1. The normalized spacial score (nSPS) is 12.1. The molecular weight excluding hydrogens is 276 g/mol. The Balaban J connectivity index is 2.96. The van der Waals surface area contributed by atoms with Crippen LogP contribution in [0.2, 0.25) is 0 Å². The Bertz CT molecular complexity index is 380. The van der Waals surface area contributed by atoms with Crippen molar-refractivity contribution in [3.8, 4) is 0 Å². The maximum atomic E-state index is 10.7. The Hall–Kier alpha value is -0.610. The van der Waals surface area contributed by atoms with Gasteiger partial charge in [-0.25, -0.2) is 4.79 Å². The number of carboxylic acids is 1. The van der Waals surface area contributed by atoms with Gasteiger partial charge in [0.15, 0.2) is 0 Å². The summed E-state index contributed by atoms with van der Waals surface area (Å²) in [7, 11) is 0. The van der Waals surface area contributed by atoms with Gasteiger partial charge in [0.1, 0.15) is 0 Å². The van der Waals surface area contributed by atoms with Crippen LogP contribution in [0.25, 0.3) is 5.57 Å². The molecule has 1 N–H and O–H groups in total. The molecule has 0 fully saturated rings. The van der Waals surface area contributed by atoms with Crippen LogP contribution in [0, 0.1) is 5.92 Å². The van der Waals surface area contributed by atoms with E-state index >= 15 is 0 Å². The first-order chi connectivity index (χ1) is 6.99. The summed E-state index contributed by atoms with van der Waals surface area (Å²) in [6.07, 6.45) is 2.09. The summed E-state index contributed by atoms with van der Waals surface area (Å²) < 4.78 is 1.03. The minimum atomic E-state index is -0.879. The Kier molecular flexibility index (Phi) is 4.54. The average Bonchev–Trinajstić information content (AvgIpc) is 2.48. The minimum absolute atomic E-state index is 0.455. The van der Waals surface area contributed by atoms with Crippen molar-refractivity contribution in [3.63, 3.8) is 0 Å². The third-order valence-electron chi connectivity index (χ3n) is 1.82. The van der Waals surface area contributed by atoms with Crippen molar-refractivity contribution >= 4 is 38.8 Å². The van der Waals surface area contributed by atoms with Gasteiger partial charge in [-0.3, -0.25) is 0 Å². The molecule has 1 heterocycles. The molecule has 0 amide bonds. The second kappa shape index (κ2) is 5.47. The van der Waals surface area contributed by atoms with Gasteiger partial charge in [0, 0.05) is 11.0 Å². The maximum absolute atomic E-state index is 10.7. The first-order valence-electron chi connectivity index (χ1n) is 4.68. The molecule has 0 aliphatic heterocycles. The zero-order chi connectivity index (χ0) is 11.4. The van der Waals surface area contributed by atoms with E-state index in [1.165, 1.54) is 6.08 Å². The molecule has 0 spiro atoms. The SMILES string of the molecule is CC(C)C/C(=C\C(=O)O)c1ccc(Br)s1. The largest absolute Gasteiger partial charge is 0.478 e. The summed E-state index contributed by atoms with van der Waals surface area (Å²) in [6.45, 7) is 4.16. The van der Waals surface area contributed by atoms with Gasteiger partial charge in [-0.2, -0.15) is 0 Å². The Labute approximate surface area is 102 Å². The highest BCUT2D eigenvalue weighted by molar-refractivity contribution is 9.11. The summed E-state index contributed by atoms with van der Waals surface area (Å²) >= 11 is 4.94. The topological polar surface area (TPSA) is 37.3 Å². The molecule has 0 bridgehead atoms. The monoisotopic (exact) mass is 288 g/mol. The molecule has 0 radical (unpaired) electrons. The van der Waals surface area contributed by atoms with Gasteiger partial charge in [-0.1, -0.05) is 13.8 Å². The van der Waals surface area contributed by atoms with Gasteiger partial charge in [0.05, 0.1) is 3.79 Å². The van der Waals surface area contributed by atoms with Crippen LogP contribution in [0.4, 0.5) is 0 Å². The first kappa shape index (κ1) is 12.5. The number of rotatable bonds is 4. The minimum Gasteiger partial charge on any atom is -0.478 e. The molecule has 2 nitrogen and oxygen atoms in total. The second-order valence-corrected chi connectivity index (χ2v) is 6.17. The van der Waals surface area contributed by atoms with Crippen LogP contribution in [0.1, 0.15) is 25.1 Å². The second-order valence-electron chi connectivity index (χ2n) is 3.71. The van der Waals surface area contributed by atoms with Crippen LogP contribution in [0.5, 0.6) is 0 Å². The summed E-state index contributed by atoms with van der Waals surface area (Å²) in [5.74, 6) is -0.424. The van der Waals surface area contributed by atoms with E-state index in [9.17, 15) is 4.79 Å². The molecule has 0 aliphatic carbocycles. The molecule has 0 atom stereocenters. The molecule has 82 valence electrons. The van der Waals surface area contributed by atoms with Crippen LogP contribution in [-0.4, -0.2) is 11.1 Å². The highest BCUT2D eigenvalue weighted by atomic mass is 79.9. The van der Waals surface area contributed by atoms with Crippen LogP contribution in [0.3, 0.4) is 0 Å². The van der Waals surface area contributed by atoms with Gasteiger partial charge >= 0.3 is 5.97 Å². The van der Waals surface area contributed by atoms with Gasteiger partial charge in [0.2, 0.25) is 0 Å². The van der Waals surface area contributed by atoms with E-state index in [2.05, 4.69) is 29.8 Å². The van der Waals surface area contributed by atoms with Gasteiger partial charge in [-0.15, -0.1) is 11.3 Å². The zero-order valence-electron chi connectivity index (χ0n) is 8.66. The summed E-state index contributed by atoms with van der Waals surface area (Å²) in [5, 5.41) is 8.78. The van der Waals surface area contributed by atoms with E-state index in [4.69, 9.17) is 5.11 Å². The molecule has 0 aliphatic rings. The van der Waals surface area contributed by atoms with Crippen LogP contribution in [0.15, 0.2) is 22.0 Å². The molecule has 4 heteroatoms. The number of hydrogen-bond donors (Lipinski definition) is 1. The van der Waals surface area contributed by atoms with E-state index in [1.807, 2.05) is 12.1 Å². The lowest BCUT2D eigenvalue weighted by atomic mass is 10.0. The molecule has 1 aromatic rings. The molecule has 0 unspecified atom stereocenters. The quantitative estimate of drug-likeness (QED) is 0.850. The lowest BCUT2D eigenvalue weighted by Crippen LogP contribution is -1.95. The van der Waals surface area contributed by atoms with Crippen molar-refractivity contribution in [2.75, 3.05) is 0 Å². The first-order valence-corrected chi connectivity index (χ1v) is 6.29. The Morgan fingerprint density at radius 1 is 1.60 bits per heavy atom. The highest BCUT2D eigenvalue weighted by Gasteiger charge is 2.08.